The van der Waals surface area contributed by atoms with E-state index < -0.39 is 5.76 Å². The predicted octanol–water partition coefficient (Wildman–Crippen LogP) is 2.56. The molecule has 4 heterocycles. The molecule has 4 aromatic heterocycles. The van der Waals surface area contributed by atoms with Gasteiger partial charge in [0, 0.05) is 28.7 Å². The summed E-state index contributed by atoms with van der Waals surface area (Å²) >= 11 is 0. The van der Waals surface area contributed by atoms with Gasteiger partial charge in [-0.25, -0.2) is 29.6 Å². The third kappa shape index (κ3) is 11.0. The first-order valence-corrected chi connectivity index (χ1v) is 12.7. The molecule has 15 nitrogen and oxygen atoms in total. The Morgan fingerprint density at radius 3 is 1.43 bits per heavy atom. The molecule has 0 aromatic carbocycles. The molecule has 0 unspecified atom stereocenters. The van der Waals surface area contributed by atoms with Crippen LogP contribution in [0.4, 0.5) is 0 Å². The number of rotatable bonds is 0. The number of H-pyrrole nitrogens is 5. The highest BCUT2D eigenvalue weighted by Gasteiger charge is 2.20. The molecule has 0 spiro atoms. The molecular formula is C25H45N11O4. The van der Waals surface area contributed by atoms with Gasteiger partial charge in [-0.15, -0.1) is 0 Å². The van der Waals surface area contributed by atoms with Crippen LogP contribution in [0.1, 0.15) is 106 Å². The highest BCUT2D eigenvalue weighted by Crippen LogP contribution is 2.17. The van der Waals surface area contributed by atoms with Crippen molar-refractivity contribution in [2.24, 2.45) is 7.05 Å². The van der Waals surface area contributed by atoms with E-state index in [0.717, 1.165) is 11.6 Å². The van der Waals surface area contributed by atoms with Gasteiger partial charge >= 0.3 is 17.1 Å². The molecule has 4 rings (SSSR count). The van der Waals surface area contributed by atoms with Crippen molar-refractivity contribution in [3.05, 3.63) is 61.1 Å². The van der Waals surface area contributed by atoms with Gasteiger partial charge in [-0.3, -0.25) is 24.2 Å². The third-order valence-corrected chi connectivity index (χ3v) is 5.04. The lowest BCUT2D eigenvalue weighted by atomic mass is 9.96. The minimum Gasteiger partial charge on any atom is -0.296 e. The highest BCUT2D eigenvalue weighted by molar-refractivity contribution is 5.00. The van der Waals surface area contributed by atoms with Gasteiger partial charge in [-0.1, -0.05) is 88.2 Å². The van der Waals surface area contributed by atoms with E-state index in [2.05, 4.69) is 76.0 Å². The van der Waals surface area contributed by atoms with E-state index in [1.165, 1.54) is 10.9 Å². The van der Waals surface area contributed by atoms with Crippen LogP contribution >= 0.6 is 0 Å². The summed E-state index contributed by atoms with van der Waals surface area (Å²) in [6.07, 6.45) is 1.53. The van der Waals surface area contributed by atoms with Crippen molar-refractivity contribution >= 4 is 0 Å². The lowest BCUT2D eigenvalue weighted by molar-refractivity contribution is 0.369. The molecule has 0 aliphatic heterocycles. The largest absolute Gasteiger partial charge is 0.438 e. The van der Waals surface area contributed by atoms with Crippen LogP contribution in [0.15, 0.2) is 25.2 Å². The van der Waals surface area contributed by atoms with Crippen molar-refractivity contribution in [3.8, 4) is 0 Å². The zero-order valence-electron chi connectivity index (χ0n) is 25.9. The zero-order chi connectivity index (χ0) is 31.1. The van der Waals surface area contributed by atoms with Crippen LogP contribution in [0.2, 0.25) is 0 Å². The van der Waals surface area contributed by atoms with E-state index in [1.807, 2.05) is 62.3 Å². The monoisotopic (exact) mass is 563 g/mol. The number of hydrogen-bond acceptors (Lipinski definition) is 9. The molecule has 0 aliphatic carbocycles. The Bertz CT molecular complexity index is 1390. The van der Waals surface area contributed by atoms with Crippen molar-refractivity contribution in [2.45, 2.75) is 105 Å². The smallest absolute Gasteiger partial charge is 0.296 e. The standard InChI is InChI=1S/C7H13N3O.C6H11N3O.C6H11N3.C6H10N2O2/c1-7(2,3)5-8-9-6(11)10(5)4;1-6(2,3)4-7-5(10)9-8-4;1-6(2,3)5-7-4-8-9-5;1-6(2,3)4-7-5(9)10-8-4/h1-4H3,(H,9,11);1-3H3,(H2,7,8,9,10);4H,1-3H3,(H,7,8,9);1-3H3,(H,7,8,9). The Kier molecular flexibility index (Phi) is 10.9. The summed E-state index contributed by atoms with van der Waals surface area (Å²) in [7, 11) is 1.71. The summed E-state index contributed by atoms with van der Waals surface area (Å²) < 4.78 is 5.86. The SMILES string of the molecule is CC(C)(C)c1n[nH]c(=O)[nH]1.CC(C)(C)c1ncn[nH]1.CC(C)(C)c1noc(=O)[nH]1.Cn1c(C(C)(C)C)n[nH]c1=O. The first kappa shape index (κ1) is 34.0. The number of hydrogen-bond donors (Lipinski definition) is 5. The summed E-state index contributed by atoms with van der Waals surface area (Å²) in [6, 6.07) is 0. The van der Waals surface area contributed by atoms with Gasteiger partial charge in [0.25, 0.3) is 0 Å². The van der Waals surface area contributed by atoms with Crippen molar-refractivity contribution in [1.82, 2.24) is 55.3 Å². The van der Waals surface area contributed by atoms with E-state index in [-0.39, 0.29) is 33.0 Å². The van der Waals surface area contributed by atoms with Gasteiger partial charge in [-0.2, -0.15) is 15.3 Å². The zero-order valence-corrected chi connectivity index (χ0v) is 25.9. The second-order valence-corrected chi connectivity index (χ2v) is 13.2. The van der Waals surface area contributed by atoms with Crippen molar-refractivity contribution < 1.29 is 4.52 Å². The molecule has 0 radical (unpaired) electrons. The highest BCUT2D eigenvalue weighted by atomic mass is 16.5. The van der Waals surface area contributed by atoms with Gasteiger partial charge in [0.1, 0.15) is 23.8 Å². The fourth-order valence-corrected chi connectivity index (χ4v) is 2.76. The quantitative estimate of drug-likeness (QED) is 0.212. The Labute approximate surface area is 233 Å². The number of aromatic nitrogens is 11. The summed E-state index contributed by atoms with van der Waals surface area (Å²) in [5, 5.41) is 22.5. The molecule has 4 aromatic rings. The van der Waals surface area contributed by atoms with Gasteiger partial charge in [0.15, 0.2) is 5.82 Å². The van der Waals surface area contributed by atoms with Crippen molar-refractivity contribution in [3.63, 3.8) is 0 Å². The maximum atomic E-state index is 10.9. The molecule has 5 N–H and O–H groups in total. The maximum Gasteiger partial charge on any atom is 0.438 e. The van der Waals surface area contributed by atoms with E-state index in [9.17, 15) is 14.4 Å². The van der Waals surface area contributed by atoms with Gasteiger partial charge in [0.2, 0.25) is 0 Å². The Morgan fingerprint density at radius 2 is 1.23 bits per heavy atom. The number of nitrogens with one attached hydrogen (secondary N) is 5. The first-order chi connectivity index (χ1) is 18.0. The molecule has 0 aliphatic rings. The molecule has 0 saturated carbocycles. The van der Waals surface area contributed by atoms with E-state index in [0.29, 0.717) is 11.6 Å². The molecule has 0 bridgehead atoms. The van der Waals surface area contributed by atoms with Crippen LogP contribution < -0.4 is 17.1 Å². The summed E-state index contributed by atoms with van der Waals surface area (Å²) in [4.78, 5) is 41.0. The fraction of sp³-hybridized carbons (Fsp3) is 0.680. The second kappa shape index (κ2) is 12.9. The Balaban J connectivity index is 0.000000267. The molecule has 0 fully saturated rings. The average Bonchev–Trinajstić information content (AvgIpc) is 3.56. The second-order valence-electron chi connectivity index (χ2n) is 13.2. The van der Waals surface area contributed by atoms with Crippen LogP contribution in [0, 0.1) is 0 Å². The first-order valence-electron chi connectivity index (χ1n) is 12.7. The summed E-state index contributed by atoms with van der Waals surface area (Å²) in [5.74, 6) is 2.49. The lowest BCUT2D eigenvalue weighted by Crippen LogP contribution is -2.22. The molecular weight excluding hydrogens is 518 g/mol. The third-order valence-electron chi connectivity index (χ3n) is 5.04. The van der Waals surface area contributed by atoms with Crippen LogP contribution in [0.3, 0.4) is 0 Å². The lowest BCUT2D eigenvalue weighted by Gasteiger charge is -2.15. The predicted molar refractivity (Wildman–Crippen MR) is 151 cm³/mol. The molecule has 0 saturated heterocycles. The molecule has 0 amide bonds. The minimum absolute atomic E-state index is 0.0755. The van der Waals surface area contributed by atoms with E-state index in [4.69, 9.17) is 0 Å². The van der Waals surface area contributed by atoms with Crippen LogP contribution in [0.25, 0.3) is 0 Å². The van der Waals surface area contributed by atoms with Gasteiger partial charge < -0.3 is 0 Å². The Hall–Kier alpha value is -4.04. The van der Waals surface area contributed by atoms with Crippen molar-refractivity contribution in [1.29, 1.82) is 0 Å². The molecule has 15 heteroatoms. The van der Waals surface area contributed by atoms with Crippen LogP contribution in [-0.4, -0.2) is 55.3 Å². The number of nitrogens with zero attached hydrogens (tertiary/aromatic N) is 6. The summed E-state index contributed by atoms with van der Waals surface area (Å²) in [6.45, 7) is 24.1. The fourth-order valence-electron chi connectivity index (χ4n) is 2.76. The maximum absolute atomic E-state index is 10.9. The molecule has 0 atom stereocenters. The van der Waals surface area contributed by atoms with Crippen LogP contribution in [0.5, 0.6) is 0 Å². The topological polar surface area (TPSA) is 213 Å². The average molecular weight is 564 g/mol. The van der Waals surface area contributed by atoms with Crippen molar-refractivity contribution in [2.75, 3.05) is 0 Å². The van der Waals surface area contributed by atoms with Crippen LogP contribution in [-0.2, 0) is 28.7 Å². The van der Waals surface area contributed by atoms with Gasteiger partial charge in [-0.05, 0) is 0 Å². The Morgan fingerprint density at radius 1 is 0.675 bits per heavy atom. The van der Waals surface area contributed by atoms with E-state index in [1.54, 1.807) is 7.05 Å². The normalized spacial score (nSPS) is 11.9. The van der Waals surface area contributed by atoms with Gasteiger partial charge in [0.05, 0.1) is 0 Å². The number of aromatic amines is 5. The summed E-state index contributed by atoms with van der Waals surface area (Å²) in [5.41, 5.74) is -0.615. The minimum atomic E-state index is -0.495. The molecule has 40 heavy (non-hydrogen) atoms. The molecule has 224 valence electrons. The van der Waals surface area contributed by atoms with E-state index >= 15 is 0 Å².